The Balaban J connectivity index is 1.30. The third-order valence-corrected chi connectivity index (χ3v) is 6.04. The van der Waals surface area contributed by atoms with Gasteiger partial charge in [-0.05, 0) is 34.4 Å². The fraction of sp³-hybridized carbons (Fsp3) is 0.148. The zero-order chi connectivity index (χ0) is 23.5. The molecule has 1 aromatic heterocycles. The lowest BCUT2D eigenvalue weighted by Crippen LogP contribution is -2.31. The number of fused-ring (bicyclic) bond motifs is 3. The van der Waals surface area contributed by atoms with Crippen LogP contribution in [0, 0.1) is 0 Å². The molecule has 0 radical (unpaired) electrons. The number of ether oxygens (including phenoxy) is 1. The summed E-state index contributed by atoms with van der Waals surface area (Å²) in [4.78, 5) is 24.2. The van der Waals surface area contributed by atoms with Crippen LogP contribution in [0.5, 0.6) is 0 Å². The lowest BCUT2D eigenvalue weighted by atomic mass is 9.98. The summed E-state index contributed by atoms with van der Waals surface area (Å²) < 4.78 is 7.24. The fourth-order valence-corrected chi connectivity index (χ4v) is 4.45. The van der Waals surface area contributed by atoms with Crippen LogP contribution in [0.4, 0.5) is 4.79 Å². The van der Waals surface area contributed by atoms with E-state index < -0.39 is 18.1 Å². The van der Waals surface area contributed by atoms with Crippen molar-refractivity contribution in [3.8, 4) is 16.8 Å². The molecule has 7 nitrogen and oxygen atoms in total. The average molecular weight is 453 g/mol. The molecule has 170 valence electrons. The normalized spacial score (nSPS) is 13.1. The number of carboxylic acid groups (broad SMARTS) is 1. The van der Waals surface area contributed by atoms with Gasteiger partial charge in [0.25, 0.3) is 0 Å². The first-order chi connectivity index (χ1) is 16.6. The van der Waals surface area contributed by atoms with Crippen LogP contribution in [0.3, 0.4) is 0 Å². The molecular weight excluding hydrogens is 430 g/mol. The number of benzene rings is 3. The van der Waals surface area contributed by atoms with Crippen molar-refractivity contribution < 1.29 is 19.4 Å². The highest BCUT2D eigenvalue weighted by Gasteiger charge is 2.29. The number of nitrogens with zero attached hydrogens (tertiary/aromatic N) is 2. The lowest BCUT2D eigenvalue weighted by Gasteiger charge is -2.18. The van der Waals surface area contributed by atoms with Gasteiger partial charge in [-0.15, -0.1) is 0 Å². The quantitative estimate of drug-likeness (QED) is 0.414. The standard InChI is InChI=1S/C27H23N3O4/c31-26(32)14-25(18-15-28-30(16-18)19-8-2-1-3-9-19)29-27(33)34-17-24-22-12-6-4-10-20(22)21-11-5-7-13-23(21)24/h1-13,15-16,24-25H,14,17H2,(H,29,33)(H,31,32). The lowest BCUT2D eigenvalue weighted by molar-refractivity contribution is -0.137. The molecule has 1 aliphatic carbocycles. The molecule has 1 amide bonds. The molecule has 4 aromatic rings. The number of hydrogen-bond acceptors (Lipinski definition) is 4. The second-order valence-electron chi connectivity index (χ2n) is 8.17. The Morgan fingerprint density at radius 1 is 0.941 bits per heavy atom. The van der Waals surface area contributed by atoms with Crippen LogP contribution < -0.4 is 5.32 Å². The van der Waals surface area contributed by atoms with Crippen LogP contribution in [-0.2, 0) is 9.53 Å². The first kappa shape index (κ1) is 21.5. The molecule has 1 aliphatic rings. The number of amides is 1. The molecule has 0 saturated heterocycles. The van der Waals surface area contributed by atoms with Crippen molar-refractivity contribution in [2.24, 2.45) is 0 Å². The minimum atomic E-state index is -1.03. The summed E-state index contributed by atoms with van der Waals surface area (Å²) in [6.45, 7) is 0.156. The summed E-state index contributed by atoms with van der Waals surface area (Å²) in [7, 11) is 0. The number of alkyl carbamates (subject to hydrolysis) is 1. The van der Waals surface area contributed by atoms with Crippen LogP contribution >= 0.6 is 0 Å². The number of aliphatic carboxylic acids is 1. The van der Waals surface area contributed by atoms with Gasteiger partial charge in [0.15, 0.2) is 0 Å². The molecule has 1 unspecified atom stereocenters. The Morgan fingerprint density at radius 2 is 1.56 bits per heavy atom. The van der Waals surface area contributed by atoms with Crippen LogP contribution in [0.25, 0.3) is 16.8 Å². The number of carbonyl (C=O) groups is 2. The number of carbonyl (C=O) groups excluding carboxylic acids is 1. The zero-order valence-electron chi connectivity index (χ0n) is 18.3. The number of rotatable bonds is 7. The molecule has 0 saturated carbocycles. The number of nitrogens with one attached hydrogen (secondary N) is 1. The van der Waals surface area contributed by atoms with E-state index in [9.17, 15) is 14.7 Å². The summed E-state index contributed by atoms with van der Waals surface area (Å²) in [5, 5.41) is 16.4. The summed E-state index contributed by atoms with van der Waals surface area (Å²) in [6, 6.07) is 24.9. The van der Waals surface area contributed by atoms with Crippen LogP contribution in [0.1, 0.15) is 35.1 Å². The van der Waals surface area contributed by atoms with Crippen molar-refractivity contribution in [2.75, 3.05) is 6.61 Å². The second-order valence-corrected chi connectivity index (χ2v) is 8.17. The zero-order valence-corrected chi connectivity index (χ0v) is 18.3. The van der Waals surface area contributed by atoms with E-state index >= 15 is 0 Å². The highest BCUT2D eigenvalue weighted by molar-refractivity contribution is 5.79. The molecule has 5 rings (SSSR count). The monoisotopic (exact) mass is 453 g/mol. The van der Waals surface area contributed by atoms with Crippen molar-refractivity contribution in [2.45, 2.75) is 18.4 Å². The highest BCUT2D eigenvalue weighted by atomic mass is 16.5. The van der Waals surface area contributed by atoms with E-state index in [-0.39, 0.29) is 18.9 Å². The molecule has 34 heavy (non-hydrogen) atoms. The molecule has 7 heteroatoms. The summed E-state index contributed by atoms with van der Waals surface area (Å²) in [6.07, 6.45) is 2.32. The number of para-hydroxylation sites is 1. The van der Waals surface area contributed by atoms with Crippen molar-refractivity contribution >= 4 is 12.1 Å². The Labute approximate surface area is 196 Å². The maximum atomic E-state index is 12.7. The van der Waals surface area contributed by atoms with Gasteiger partial charge in [0.2, 0.25) is 0 Å². The fourth-order valence-electron chi connectivity index (χ4n) is 4.45. The van der Waals surface area contributed by atoms with E-state index in [0.29, 0.717) is 5.56 Å². The van der Waals surface area contributed by atoms with Crippen LogP contribution in [0.15, 0.2) is 91.3 Å². The van der Waals surface area contributed by atoms with E-state index in [1.807, 2.05) is 66.7 Å². The van der Waals surface area contributed by atoms with E-state index in [0.717, 1.165) is 27.9 Å². The van der Waals surface area contributed by atoms with Crippen LogP contribution in [-0.4, -0.2) is 33.6 Å². The third-order valence-electron chi connectivity index (χ3n) is 6.04. The van der Waals surface area contributed by atoms with E-state index in [4.69, 9.17) is 4.74 Å². The van der Waals surface area contributed by atoms with Gasteiger partial charge in [-0.25, -0.2) is 9.48 Å². The van der Waals surface area contributed by atoms with Crippen molar-refractivity contribution in [3.05, 3.63) is 108 Å². The van der Waals surface area contributed by atoms with E-state index in [2.05, 4.69) is 22.5 Å². The predicted molar refractivity (Wildman–Crippen MR) is 127 cm³/mol. The van der Waals surface area contributed by atoms with Gasteiger partial charge >= 0.3 is 12.1 Å². The van der Waals surface area contributed by atoms with Gasteiger partial charge < -0.3 is 15.2 Å². The Morgan fingerprint density at radius 3 is 2.21 bits per heavy atom. The van der Waals surface area contributed by atoms with Gasteiger partial charge in [0, 0.05) is 17.7 Å². The summed E-state index contributed by atoms with van der Waals surface area (Å²) in [5.74, 6) is -1.10. The second kappa shape index (κ2) is 9.23. The molecule has 0 aliphatic heterocycles. The molecule has 0 spiro atoms. The maximum Gasteiger partial charge on any atom is 0.407 e. The molecule has 3 aromatic carbocycles. The maximum absolute atomic E-state index is 12.7. The molecule has 0 fully saturated rings. The molecule has 2 N–H and O–H groups in total. The van der Waals surface area contributed by atoms with Gasteiger partial charge in [-0.1, -0.05) is 66.7 Å². The Bertz CT molecular complexity index is 1290. The SMILES string of the molecule is O=C(O)CC(NC(=O)OCC1c2ccccc2-c2ccccc21)c1cnn(-c2ccccc2)c1. The number of aromatic nitrogens is 2. The predicted octanol–water partition coefficient (Wildman–Crippen LogP) is 4.93. The third kappa shape index (κ3) is 4.28. The van der Waals surface area contributed by atoms with Gasteiger partial charge in [-0.3, -0.25) is 4.79 Å². The number of hydrogen-bond donors (Lipinski definition) is 2. The minimum Gasteiger partial charge on any atom is -0.481 e. The van der Waals surface area contributed by atoms with E-state index in [1.165, 1.54) is 0 Å². The number of carboxylic acids is 1. The minimum absolute atomic E-state index is 0.0723. The first-order valence-electron chi connectivity index (χ1n) is 11.0. The Hall–Kier alpha value is -4.39. The topological polar surface area (TPSA) is 93.5 Å². The van der Waals surface area contributed by atoms with Gasteiger partial charge in [0.05, 0.1) is 24.3 Å². The van der Waals surface area contributed by atoms with Gasteiger partial charge in [0.1, 0.15) is 6.61 Å². The molecule has 0 bridgehead atoms. The Kier molecular flexibility index (Phi) is 5.82. The van der Waals surface area contributed by atoms with Gasteiger partial charge in [-0.2, -0.15) is 5.10 Å². The highest BCUT2D eigenvalue weighted by Crippen LogP contribution is 2.44. The van der Waals surface area contributed by atoms with E-state index in [1.54, 1.807) is 17.1 Å². The van der Waals surface area contributed by atoms with Crippen molar-refractivity contribution in [1.29, 1.82) is 0 Å². The summed E-state index contributed by atoms with van der Waals surface area (Å²) >= 11 is 0. The summed E-state index contributed by atoms with van der Waals surface area (Å²) in [5.41, 5.74) is 5.93. The largest absolute Gasteiger partial charge is 0.481 e. The smallest absolute Gasteiger partial charge is 0.407 e. The first-order valence-corrected chi connectivity index (χ1v) is 11.0. The van der Waals surface area contributed by atoms with Crippen molar-refractivity contribution in [3.63, 3.8) is 0 Å². The molecule has 1 heterocycles. The van der Waals surface area contributed by atoms with Crippen molar-refractivity contribution in [1.82, 2.24) is 15.1 Å². The average Bonchev–Trinajstić information content (AvgIpc) is 3.46. The molecule has 1 atom stereocenters. The molecular formula is C27H23N3O4. The van der Waals surface area contributed by atoms with Crippen LogP contribution in [0.2, 0.25) is 0 Å².